The summed E-state index contributed by atoms with van der Waals surface area (Å²) in [5.74, 6) is 2.37. The highest BCUT2D eigenvalue weighted by atomic mass is 16.5. The van der Waals surface area contributed by atoms with Crippen LogP contribution in [0.3, 0.4) is 0 Å². The van der Waals surface area contributed by atoms with Crippen molar-refractivity contribution >= 4 is 0 Å². The number of pyridine rings is 1. The van der Waals surface area contributed by atoms with Gasteiger partial charge in [0.05, 0.1) is 18.8 Å². The van der Waals surface area contributed by atoms with Crippen LogP contribution in [-0.2, 0) is 0 Å². The zero-order chi connectivity index (χ0) is 12.3. The molecule has 0 bridgehead atoms. The molecule has 0 aromatic carbocycles. The van der Waals surface area contributed by atoms with Gasteiger partial charge in [0.15, 0.2) is 0 Å². The monoisotopic (exact) mass is 234 g/mol. The SMILES string of the molecule is CCNC(c1ncccc1OC)C(C)C1CC1. The summed E-state index contributed by atoms with van der Waals surface area (Å²) in [5.41, 5.74) is 1.05. The molecule has 2 atom stereocenters. The zero-order valence-corrected chi connectivity index (χ0v) is 10.9. The van der Waals surface area contributed by atoms with Crippen molar-refractivity contribution in [3.8, 4) is 5.75 Å². The van der Waals surface area contributed by atoms with Gasteiger partial charge in [-0.05, 0) is 43.4 Å². The lowest BCUT2D eigenvalue weighted by molar-refractivity contribution is 0.328. The molecule has 2 rings (SSSR count). The van der Waals surface area contributed by atoms with E-state index in [4.69, 9.17) is 4.74 Å². The molecular weight excluding hydrogens is 212 g/mol. The lowest BCUT2D eigenvalue weighted by Gasteiger charge is -2.25. The number of methoxy groups -OCH3 is 1. The first kappa shape index (κ1) is 12.4. The van der Waals surface area contributed by atoms with Crippen LogP contribution in [0.1, 0.15) is 38.4 Å². The molecular formula is C14H22N2O. The van der Waals surface area contributed by atoms with E-state index in [1.54, 1.807) is 7.11 Å². The van der Waals surface area contributed by atoms with E-state index in [9.17, 15) is 0 Å². The van der Waals surface area contributed by atoms with Gasteiger partial charge in [-0.3, -0.25) is 4.98 Å². The minimum absolute atomic E-state index is 0.309. The fraction of sp³-hybridized carbons (Fsp3) is 0.643. The maximum absolute atomic E-state index is 5.42. The second-order valence-electron chi connectivity index (χ2n) is 4.82. The lowest BCUT2D eigenvalue weighted by Crippen LogP contribution is -2.29. The first-order valence-electron chi connectivity index (χ1n) is 6.50. The van der Waals surface area contributed by atoms with Gasteiger partial charge in [-0.2, -0.15) is 0 Å². The van der Waals surface area contributed by atoms with Gasteiger partial charge in [0.2, 0.25) is 0 Å². The van der Waals surface area contributed by atoms with E-state index in [1.807, 2.05) is 18.3 Å². The predicted molar refractivity (Wildman–Crippen MR) is 69.1 cm³/mol. The van der Waals surface area contributed by atoms with Gasteiger partial charge in [0.25, 0.3) is 0 Å². The Morgan fingerprint density at radius 3 is 2.88 bits per heavy atom. The molecule has 1 N–H and O–H groups in total. The maximum Gasteiger partial charge on any atom is 0.141 e. The summed E-state index contributed by atoms with van der Waals surface area (Å²) in [6.07, 6.45) is 4.57. The Hall–Kier alpha value is -1.09. The minimum atomic E-state index is 0.309. The van der Waals surface area contributed by atoms with Crippen LogP contribution in [0.4, 0.5) is 0 Å². The summed E-state index contributed by atoms with van der Waals surface area (Å²) >= 11 is 0. The summed E-state index contributed by atoms with van der Waals surface area (Å²) in [6, 6.07) is 4.23. The van der Waals surface area contributed by atoms with Crippen LogP contribution in [0.15, 0.2) is 18.3 Å². The third-order valence-electron chi connectivity index (χ3n) is 3.63. The molecule has 0 spiro atoms. The van der Waals surface area contributed by atoms with Crippen molar-refractivity contribution in [1.29, 1.82) is 0 Å². The molecule has 0 saturated heterocycles. The first-order valence-corrected chi connectivity index (χ1v) is 6.50. The van der Waals surface area contributed by atoms with Gasteiger partial charge in [-0.25, -0.2) is 0 Å². The molecule has 1 aromatic rings. The molecule has 1 fully saturated rings. The molecule has 1 saturated carbocycles. The molecule has 1 aliphatic rings. The molecule has 1 aromatic heterocycles. The number of hydrogen-bond acceptors (Lipinski definition) is 3. The standard InChI is InChI=1S/C14H22N2O/c1-4-15-13(10(2)11-7-8-11)14-12(17-3)6-5-9-16-14/h5-6,9-11,13,15H,4,7-8H2,1-3H3. The molecule has 1 heterocycles. The molecule has 1 aliphatic carbocycles. The highest BCUT2D eigenvalue weighted by Crippen LogP contribution is 2.43. The van der Waals surface area contributed by atoms with E-state index in [0.717, 1.165) is 23.9 Å². The first-order chi connectivity index (χ1) is 8.27. The summed E-state index contributed by atoms with van der Waals surface area (Å²) in [6.45, 7) is 5.42. The molecule has 0 radical (unpaired) electrons. The predicted octanol–water partition coefficient (Wildman–Crippen LogP) is 2.79. The third kappa shape index (κ3) is 2.78. The van der Waals surface area contributed by atoms with E-state index < -0.39 is 0 Å². The highest BCUT2D eigenvalue weighted by molar-refractivity contribution is 5.30. The fourth-order valence-electron chi connectivity index (χ4n) is 2.45. The van der Waals surface area contributed by atoms with E-state index >= 15 is 0 Å². The van der Waals surface area contributed by atoms with Gasteiger partial charge >= 0.3 is 0 Å². The van der Waals surface area contributed by atoms with Gasteiger partial charge in [0.1, 0.15) is 5.75 Å². The van der Waals surface area contributed by atoms with Crippen LogP contribution in [-0.4, -0.2) is 18.6 Å². The van der Waals surface area contributed by atoms with Gasteiger partial charge in [0, 0.05) is 6.20 Å². The van der Waals surface area contributed by atoms with E-state index in [2.05, 4.69) is 24.1 Å². The highest BCUT2D eigenvalue weighted by Gasteiger charge is 2.35. The Kier molecular flexibility index (Phi) is 4.00. The third-order valence-corrected chi connectivity index (χ3v) is 3.63. The van der Waals surface area contributed by atoms with Crippen LogP contribution in [0.2, 0.25) is 0 Å². The van der Waals surface area contributed by atoms with Crippen LogP contribution in [0.25, 0.3) is 0 Å². The lowest BCUT2D eigenvalue weighted by atomic mass is 9.93. The quantitative estimate of drug-likeness (QED) is 0.822. The van der Waals surface area contributed by atoms with Crippen molar-refractivity contribution < 1.29 is 4.74 Å². The second-order valence-corrected chi connectivity index (χ2v) is 4.82. The molecule has 17 heavy (non-hydrogen) atoms. The number of ether oxygens (including phenoxy) is 1. The number of aromatic nitrogens is 1. The van der Waals surface area contributed by atoms with E-state index in [-0.39, 0.29) is 0 Å². The average molecular weight is 234 g/mol. The zero-order valence-electron chi connectivity index (χ0n) is 10.9. The number of nitrogens with zero attached hydrogens (tertiary/aromatic N) is 1. The van der Waals surface area contributed by atoms with Crippen molar-refractivity contribution in [2.45, 2.75) is 32.7 Å². The van der Waals surface area contributed by atoms with Gasteiger partial charge in [-0.1, -0.05) is 13.8 Å². The number of rotatable bonds is 6. The Balaban J connectivity index is 2.24. The normalized spacial score (nSPS) is 18.8. The topological polar surface area (TPSA) is 34.2 Å². The Morgan fingerprint density at radius 2 is 2.29 bits per heavy atom. The largest absolute Gasteiger partial charge is 0.495 e. The number of nitrogens with one attached hydrogen (secondary N) is 1. The van der Waals surface area contributed by atoms with E-state index in [1.165, 1.54) is 12.8 Å². The van der Waals surface area contributed by atoms with Crippen molar-refractivity contribution in [3.63, 3.8) is 0 Å². The van der Waals surface area contributed by atoms with Crippen LogP contribution in [0, 0.1) is 11.8 Å². The molecule has 94 valence electrons. The Bertz CT molecular complexity index is 363. The van der Waals surface area contributed by atoms with E-state index in [0.29, 0.717) is 12.0 Å². The van der Waals surface area contributed by atoms with Crippen LogP contribution in [0.5, 0.6) is 5.75 Å². The van der Waals surface area contributed by atoms with Crippen LogP contribution < -0.4 is 10.1 Å². The molecule has 3 nitrogen and oxygen atoms in total. The average Bonchev–Trinajstić information content (AvgIpc) is 3.19. The maximum atomic E-state index is 5.42. The molecule has 2 unspecified atom stereocenters. The van der Waals surface area contributed by atoms with Crippen molar-refractivity contribution in [2.24, 2.45) is 11.8 Å². The van der Waals surface area contributed by atoms with Gasteiger partial charge in [-0.15, -0.1) is 0 Å². The van der Waals surface area contributed by atoms with Crippen LogP contribution >= 0.6 is 0 Å². The summed E-state index contributed by atoms with van der Waals surface area (Å²) in [5, 5.41) is 3.55. The summed E-state index contributed by atoms with van der Waals surface area (Å²) in [7, 11) is 1.71. The Labute approximate surface area is 104 Å². The molecule has 0 amide bonds. The molecule has 3 heteroatoms. The number of hydrogen-bond donors (Lipinski definition) is 1. The van der Waals surface area contributed by atoms with Gasteiger partial charge < -0.3 is 10.1 Å². The smallest absolute Gasteiger partial charge is 0.141 e. The Morgan fingerprint density at radius 1 is 1.53 bits per heavy atom. The molecule has 0 aliphatic heterocycles. The minimum Gasteiger partial charge on any atom is -0.495 e. The summed E-state index contributed by atoms with van der Waals surface area (Å²) in [4.78, 5) is 4.51. The van der Waals surface area contributed by atoms with Crippen molar-refractivity contribution in [3.05, 3.63) is 24.0 Å². The van der Waals surface area contributed by atoms with Crippen molar-refractivity contribution in [1.82, 2.24) is 10.3 Å². The summed E-state index contributed by atoms with van der Waals surface area (Å²) < 4.78 is 5.42. The second kappa shape index (κ2) is 5.50. The van der Waals surface area contributed by atoms with Crippen molar-refractivity contribution in [2.75, 3.05) is 13.7 Å². The fourth-order valence-corrected chi connectivity index (χ4v) is 2.45.